The molecule has 6 heteroatoms. The lowest BCUT2D eigenvalue weighted by molar-refractivity contribution is -0.130. The standard InChI is InChI=1S/C17H22N2O4/c1-18-4-5-21-16-10-19(9-13(16)8-18)17(20)7-12-2-3-14-15(6-12)23-11-22-14/h2-3,6,13,16H,4-5,7-11H2,1H3/t13-,16+/m1/s1. The monoisotopic (exact) mass is 318 g/mol. The van der Waals surface area contributed by atoms with Crippen LogP contribution in [0.3, 0.4) is 0 Å². The van der Waals surface area contributed by atoms with Crippen LogP contribution in [-0.4, -0.2) is 68.4 Å². The van der Waals surface area contributed by atoms with Crippen molar-refractivity contribution >= 4 is 5.91 Å². The van der Waals surface area contributed by atoms with Gasteiger partial charge in [0.05, 0.1) is 19.1 Å². The average Bonchev–Trinajstić information content (AvgIpc) is 3.10. The second-order valence-corrected chi connectivity index (χ2v) is 6.59. The Morgan fingerprint density at radius 1 is 1.22 bits per heavy atom. The molecular weight excluding hydrogens is 296 g/mol. The third-order valence-corrected chi connectivity index (χ3v) is 4.88. The number of amides is 1. The summed E-state index contributed by atoms with van der Waals surface area (Å²) in [6.45, 7) is 4.48. The van der Waals surface area contributed by atoms with Crippen LogP contribution in [-0.2, 0) is 16.0 Å². The van der Waals surface area contributed by atoms with Gasteiger partial charge in [-0.25, -0.2) is 0 Å². The topological polar surface area (TPSA) is 51.2 Å². The Morgan fingerprint density at radius 3 is 3.00 bits per heavy atom. The minimum atomic E-state index is 0.156. The van der Waals surface area contributed by atoms with Crippen LogP contribution in [0.1, 0.15) is 5.56 Å². The first-order chi connectivity index (χ1) is 11.2. The van der Waals surface area contributed by atoms with E-state index in [0.717, 1.165) is 43.3 Å². The highest BCUT2D eigenvalue weighted by Gasteiger charge is 2.37. The SMILES string of the molecule is CN1CCO[C@H]2CN(C(=O)Cc3ccc4c(c3)OCO4)C[C@H]2C1. The maximum absolute atomic E-state index is 12.6. The van der Waals surface area contributed by atoms with Gasteiger partial charge in [-0.3, -0.25) is 4.79 Å². The Morgan fingerprint density at radius 2 is 2.09 bits per heavy atom. The summed E-state index contributed by atoms with van der Waals surface area (Å²) >= 11 is 0. The molecule has 2 saturated heterocycles. The number of benzene rings is 1. The highest BCUT2D eigenvalue weighted by Crippen LogP contribution is 2.33. The van der Waals surface area contributed by atoms with Crippen molar-refractivity contribution in [1.29, 1.82) is 0 Å². The Labute approximate surface area is 135 Å². The fraction of sp³-hybridized carbons (Fsp3) is 0.588. The molecule has 3 aliphatic heterocycles. The molecule has 0 unspecified atom stereocenters. The quantitative estimate of drug-likeness (QED) is 0.805. The van der Waals surface area contributed by atoms with Crippen molar-refractivity contribution < 1.29 is 19.0 Å². The normalized spacial score (nSPS) is 26.9. The molecule has 3 aliphatic rings. The van der Waals surface area contributed by atoms with Gasteiger partial charge in [0.1, 0.15) is 0 Å². The van der Waals surface area contributed by atoms with Gasteiger partial charge in [0, 0.05) is 32.1 Å². The van der Waals surface area contributed by atoms with E-state index in [9.17, 15) is 4.79 Å². The number of hydrogen-bond donors (Lipinski definition) is 0. The van der Waals surface area contributed by atoms with Crippen molar-refractivity contribution in [1.82, 2.24) is 9.80 Å². The highest BCUT2D eigenvalue weighted by molar-refractivity contribution is 5.79. The molecule has 23 heavy (non-hydrogen) atoms. The molecule has 3 heterocycles. The van der Waals surface area contributed by atoms with Crippen LogP contribution >= 0.6 is 0 Å². The number of hydrogen-bond acceptors (Lipinski definition) is 5. The van der Waals surface area contributed by atoms with Crippen LogP contribution in [0.25, 0.3) is 0 Å². The smallest absolute Gasteiger partial charge is 0.231 e. The largest absolute Gasteiger partial charge is 0.454 e. The molecule has 0 aliphatic carbocycles. The molecule has 0 spiro atoms. The van der Waals surface area contributed by atoms with Gasteiger partial charge < -0.3 is 24.0 Å². The molecule has 0 radical (unpaired) electrons. The van der Waals surface area contributed by atoms with E-state index in [1.807, 2.05) is 23.1 Å². The predicted octanol–water partition coefficient (Wildman–Crippen LogP) is 0.747. The summed E-state index contributed by atoms with van der Waals surface area (Å²) in [4.78, 5) is 16.8. The van der Waals surface area contributed by atoms with E-state index in [0.29, 0.717) is 18.9 Å². The fourth-order valence-corrected chi connectivity index (χ4v) is 3.60. The van der Waals surface area contributed by atoms with E-state index in [4.69, 9.17) is 14.2 Å². The van der Waals surface area contributed by atoms with Crippen LogP contribution in [0.15, 0.2) is 18.2 Å². The second kappa shape index (κ2) is 6.02. The fourth-order valence-electron chi connectivity index (χ4n) is 3.60. The minimum absolute atomic E-state index is 0.156. The lowest BCUT2D eigenvalue weighted by atomic mass is 10.1. The molecule has 1 amide bonds. The van der Waals surface area contributed by atoms with Crippen LogP contribution in [0.5, 0.6) is 11.5 Å². The maximum atomic E-state index is 12.6. The van der Waals surface area contributed by atoms with E-state index >= 15 is 0 Å². The van der Waals surface area contributed by atoms with E-state index < -0.39 is 0 Å². The van der Waals surface area contributed by atoms with Crippen molar-refractivity contribution in [2.24, 2.45) is 5.92 Å². The number of likely N-dealkylation sites (N-methyl/N-ethyl adjacent to an activating group) is 1. The molecule has 6 nitrogen and oxygen atoms in total. The number of fused-ring (bicyclic) bond motifs is 2. The number of ether oxygens (including phenoxy) is 3. The van der Waals surface area contributed by atoms with Crippen molar-refractivity contribution in [3.8, 4) is 11.5 Å². The van der Waals surface area contributed by atoms with Gasteiger partial charge in [-0.15, -0.1) is 0 Å². The molecule has 2 atom stereocenters. The maximum Gasteiger partial charge on any atom is 0.231 e. The molecular formula is C17H22N2O4. The van der Waals surface area contributed by atoms with Gasteiger partial charge in [0.15, 0.2) is 11.5 Å². The number of carbonyl (C=O) groups is 1. The summed E-state index contributed by atoms with van der Waals surface area (Å²) in [5, 5.41) is 0. The lowest BCUT2D eigenvalue weighted by Crippen LogP contribution is -2.33. The average molecular weight is 318 g/mol. The zero-order valence-electron chi connectivity index (χ0n) is 13.4. The molecule has 1 aromatic carbocycles. The van der Waals surface area contributed by atoms with Gasteiger partial charge in [-0.2, -0.15) is 0 Å². The molecule has 0 aromatic heterocycles. The van der Waals surface area contributed by atoms with Gasteiger partial charge in [0.2, 0.25) is 12.7 Å². The van der Waals surface area contributed by atoms with E-state index in [1.165, 1.54) is 0 Å². The third kappa shape index (κ3) is 3.01. The zero-order chi connectivity index (χ0) is 15.8. The van der Waals surface area contributed by atoms with E-state index in [1.54, 1.807) is 0 Å². The molecule has 2 fully saturated rings. The summed E-state index contributed by atoms with van der Waals surface area (Å²) in [5.74, 6) is 2.05. The third-order valence-electron chi connectivity index (χ3n) is 4.88. The van der Waals surface area contributed by atoms with E-state index in [-0.39, 0.29) is 18.8 Å². The molecule has 0 saturated carbocycles. The first-order valence-electron chi connectivity index (χ1n) is 8.15. The van der Waals surface area contributed by atoms with Crippen molar-refractivity contribution in [3.63, 3.8) is 0 Å². The Bertz CT molecular complexity index is 606. The molecule has 0 N–H and O–H groups in total. The minimum Gasteiger partial charge on any atom is -0.454 e. The van der Waals surface area contributed by atoms with Crippen molar-refractivity contribution in [2.45, 2.75) is 12.5 Å². The predicted molar refractivity (Wildman–Crippen MR) is 83.6 cm³/mol. The first kappa shape index (κ1) is 14.8. The van der Waals surface area contributed by atoms with Gasteiger partial charge in [0.25, 0.3) is 0 Å². The second-order valence-electron chi connectivity index (χ2n) is 6.59. The van der Waals surface area contributed by atoms with Crippen LogP contribution in [0.4, 0.5) is 0 Å². The summed E-state index contributed by atoms with van der Waals surface area (Å²) in [7, 11) is 2.11. The summed E-state index contributed by atoms with van der Waals surface area (Å²) < 4.78 is 16.6. The van der Waals surface area contributed by atoms with Crippen LogP contribution in [0.2, 0.25) is 0 Å². The number of carbonyl (C=O) groups excluding carboxylic acids is 1. The Hall–Kier alpha value is -1.79. The summed E-state index contributed by atoms with van der Waals surface area (Å²) in [5.41, 5.74) is 0.962. The molecule has 4 rings (SSSR count). The molecule has 124 valence electrons. The highest BCUT2D eigenvalue weighted by atomic mass is 16.7. The van der Waals surface area contributed by atoms with Gasteiger partial charge in [-0.05, 0) is 24.7 Å². The Balaban J connectivity index is 1.40. The van der Waals surface area contributed by atoms with Crippen LogP contribution in [0, 0.1) is 5.92 Å². The Kier molecular flexibility index (Phi) is 3.87. The summed E-state index contributed by atoms with van der Waals surface area (Å²) in [6.07, 6.45) is 0.576. The summed E-state index contributed by atoms with van der Waals surface area (Å²) in [6, 6.07) is 5.71. The first-order valence-corrected chi connectivity index (χ1v) is 8.15. The molecule has 1 aromatic rings. The number of nitrogens with zero attached hydrogens (tertiary/aromatic N) is 2. The zero-order valence-corrected chi connectivity index (χ0v) is 13.4. The van der Waals surface area contributed by atoms with Crippen LogP contribution < -0.4 is 9.47 Å². The number of rotatable bonds is 2. The number of likely N-dealkylation sites (tertiary alicyclic amines) is 1. The molecule has 0 bridgehead atoms. The van der Waals surface area contributed by atoms with E-state index in [2.05, 4.69) is 11.9 Å². The van der Waals surface area contributed by atoms with Gasteiger partial charge >= 0.3 is 0 Å². The lowest BCUT2D eigenvalue weighted by Gasteiger charge is -2.19. The van der Waals surface area contributed by atoms with Gasteiger partial charge in [-0.1, -0.05) is 6.07 Å². The van der Waals surface area contributed by atoms with Crippen molar-refractivity contribution in [2.75, 3.05) is 46.6 Å². The van der Waals surface area contributed by atoms with Crippen molar-refractivity contribution in [3.05, 3.63) is 23.8 Å².